The molecule has 0 aromatic carbocycles. The molecular formula is C22H36N6O5S. The Bertz CT molecular complexity index is 836. The van der Waals surface area contributed by atoms with Gasteiger partial charge in [0.2, 0.25) is 17.7 Å². The molecule has 1 aromatic rings. The molecule has 34 heavy (non-hydrogen) atoms. The van der Waals surface area contributed by atoms with Crippen molar-refractivity contribution in [3.05, 3.63) is 18.2 Å². The molecule has 1 fully saturated rings. The van der Waals surface area contributed by atoms with E-state index in [0.717, 1.165) is 0 Å². The van der Waals surface area contributed by atoms with Crippen molar-refractivity contribution >= 4 is 35.5 Å². The molecule has 1 aliphatic rings. The molecule has 3 amide bonds. The highest BCUT2D eigenvalue weighted by molar-refractivity contribution is 7.98. The zero-order chi connectivity index (χ0) is 25.3. The molecule has 6 N–H and O–H groups in total. The van der Waals surface area contributed by atoms with Gasteiger partial charge in [0.05, 0.1) is 12.4 Å². The Kier molecular flexibility index (Phi) is 10.8. The third-order valence-corrected chi connectivity index (χ3v) is 6.86. The van der Waals surface area contributed by atoms with Crippen molar-refractivity contribution in [1.29, 1.82) is 0 Å². The quantitative estimate of drug-likeness (QED) is 0.256. The number of carboxylic acids is 1. The standard InChI is InChI=1S/C22H36N6O5S/c1-4-13(2)18(23)20(30)27-16(10-14-11-24-12-25-14)19(29)26-15(7-9-34-3)21(31)28-8-5-6-17(28)22(32)33/h11-13,15-18H,4-10,23H2,1-3H3,(H,24,25)(H,26,29)(H,27,30)(H,32,33). The molecule has 2 rings (SSSR count). The smallest absolute Gasteiger partial charge is 0.326 e. The Balaban J connectivity index is 2.19. The van der Waals surface area contributed by atoms with Gasteiger partial charge in [-0.1, -0.05) is 20.3 Å². The highest BCUT2D eigenvalue weighted by Gasteiger charge is 2.38. The Morgan fingerprint density at radius 1 is 1.29 bits per heavy atom. The fourth-order valence-corrected chi connectivity index (χ4v) is 4.33. The van der Waals surface area contributed by atoms with Crippen LogP contribution in [0.15, 0.2) is 12.5 Å². The number of aliphatic carboxylic acids is 1. The normalized spacial score (nSPS) is 19.2. The molecule has 11 nitrogen and oxygen atoms in total. The van der Waals surface area contributed by atoms with E-state index >= 15 is 0 Å². The number of nitrogens with two attached hydrogens (primary N) is 1. The predicted octanol–water partition coefficient (Wildman–Crippen LogP) is 0.124. The van der Waals surface area contributed by atoms with Crippen LogP contribution in [0.3, 0.4) is 0 Å². The number of hydrogen-bond donors (Lipinski definition) is 5. The second-order valence-corrected chi connectivity index (χ2v) is 9.61. The van der Waals surface area contributed by atoms with Gasteiger partial charge in [0.1, 0.15) is 18.1 Å². The molecule has 1 aliphatic heterocycles. The molecule has 190 valence electrons. The highest BCUT2D eigenvalue weighted by Crippen LogP contribution is 2.20. The average molecular weight is 497 g/mol. The van der Waals surface area contributed by atoms with Crippen LogP contribution in [0.2, 0.25) is 0 Å². The molecule has 0 aliphatic carbocycles. The van der Waals surface area contributed by atoms with Crippen molar-refractivity contribution < 1.29 is 24.3 Å². The summed E-state index contributed by atoms with van der Waals surface area (Å²) in [5, 5.41) is 14.9. The van der Waals surface area contributed by atoms with Crippen LogP contribution in [0.4, 0.5) is 0 Å². The molecule has 0 bridgehead atoms. The van der Waals surface area contributed by atoms with Crippen molar-refractivity contribution in [1.82, 2.24) is 25.5 Å². The lowest BCUT2D eigenvalue weighted by molar-refractivity contribution is -0.149. The van der Waals surface area contributed by atoms with Crippen molar-refractivity contribution in [3.63, 3.8) is 0 Å². The van der Waals surface area contributed by atoms with E-state index < -0.39 is 47.9 Å². The van der Waals surface area contributed by atoms with Gasteiger partial charge in [0, 0.05) is 24.9 Å². The second kappa shape index (κ2) is 13.3. The second-order valence-electron chi connectivity index (χ2n) is 8.62. The Morgan fingerprint density at radius 3 is 2.59 bits per heavy atom. The van der Waals surface area contributed by atoms with Crippen LogP contribution in [0.5, 0.6) is 0 Å². The number of carbonyl (C=O) groups is 4. The molecule has 2 heterocycles. The zero-order valence-corrected chi connectivity index (χ0v) is 20.8. The van der Waals surface area contributed by atoms with Crippen molar-refractivity contribution in [2.24, 2.45) is 11.7 Å². The van der Waals surface area contributed by atoms with E-state index in [-0.39, 0.29) is 12.3 Å². The fraction of sp³-hybridized carbons (Fsp3) is 0.682. The third kappa shape index (κ3) is 7.45. The van der Waals surface area contributed by atoms with E-state index in [1.165, 1.54) is 23.0 Å². The molecule has 0 spiro atoms. The largest absolute Gasteiger partial charge is 0.480 e. The zero-order valence-electron chi connectivity index (χ0n) is 20.0. The van der Waals surface area contributed by atoms with E-state index in [9.17, 15) is 24.3 Å². The van der Waals surface area contributed by atoms with Gasteiger partial charge in [-0.3, -0.25) is 14.4 Å². The number of rotatable bonds is 13. The van der Waals surface area contributed by atoms with Crippen molar-refractivity contribution in [3.8, 4) is 0 Å². The van der Waals surface area contributed by atoms with Crippen LogP contribution in [0, 0.1) is 5.92 Å². The predicted molar refractivity (Wildman–Crippen MR) is 129 cm³/mol. The molecule has 0 radical (unpaired) electrons. The van der Waals surface area contributed by atoms with Crippen LogP contribution in [-0.2, 0) is 25.6 Å². The number of imidazole rings is 1. The molecule has 0 saturated carbocycles. The number of H-pyrrole nitrogens is 1. The van der Waals surface area contributed by atoms with E-state index in [1.807, 2.05) is 20.1 Å². The average Bonchev–Trinajstić information content (AvgIpc) is 3.51. The SMILES string of the molecule is CCC(C)C(N)C(=O)NC(Cc1cnc[nH]1)C(=O)NC(CCSC)C(=O)N1CCCC1C(=O)O. The van der Waals surface area contributed by atoms with Crippen LogP contribution < -0.4 is 16.4 Å². The number of thioether (sulfide) groups is 1. The van der Waals surface area contributed by atoms with E-state index in [1.54, 1.807) is 6.20 Å². The number of hydrogen-bond acceptors (Lipinski definition) is 7. The van der Waals surface area contributed by atoms with Crippen LogP contribution in [0.1, 0.15) is 45.2 Å². The molecule has 5 atom stereocenters. The van der Waals surface area contributed by atoms with Gasteiger partial charge < -0.3 is 31.4 Å². The van der Waals surface area contributed by atoms with Crippen molar-refractivity contribution in [2.45, 2.75) is 70.1 Å². The van der Waals surface area contributed by atoms with Crippen LogP contribution in [-0.4, -0.2) is 86.4 Å². The summed E-state index contributed by atoms with van der Waals surface area (Å²) in [5.74, 6) is -1.94. The first-order chi connectivity index (χ1) is 16.2. The maximum absolute atomic E-state index is 13.3. The molecule has 5 unspecified atom stereocenters. The Hall–Kier alpha value is -2.60. The lowest BCUT2D eigenvalue weighted by atomic mass is 9.98. The lowest BCUT2D eigenvalue weighted by Crippen LogP contribution is -2.58. The Labute approximate surface area is 204 Å². The maximum atomic E-state index is 13.3. The minimum atomic E-state index is -1.05. The molecule has 1 aromatic heterocycles. The minimum absolute atomic E-state index is 0.0742. The number of carbonyl (C=O) groups excluding carboxylic acids is 3. The van der Waals surface area contributed by atoms with Crippen molar-refractivity contribution in [2.75, 3.05) is 18.6 Å². The number of amides is 3. The van der Waals surface area contributed by atoms with Gasteiger partial charge in [-0.05, 0) is 37.2 Å². The van der Waals surface area contributed by atoms with Gasteiger partial charge >= 0.3 is 5.97 Å². The number of aromatic nitrogens is 2. The van der Waals surface area contributed by atoms with Gasteiger partial charge in [0.15, 0.2) is 0 Å². The number of aromatic amines is 1. The summed E-state index contributed by atoms with van der Waals surface area (Å²) in [6.07, 6.45) is 7.07. The van der Waals surface area contributed by atoms with E-state index in [4.69, 9.17) is 5.73 Å². The van der Waals surface area contributed by atoms with Crippen LogP contribution >= 0.6 is 11.8 Å². The summed E-state index contributed by atoms with van der Waals surface area (Å²) in [4.78, 5) is 59.0. The van der Waals surface area contributed by atoms with Gasteiger partial charge in [-0.25, -0.2) is 9.78 Å². The number of nitrogens with zero attached hydrogens (tertiary/aromatic N) is 2. The van der Waals surface area contributed by atoms with Gasteiger partial charge in [-0.2, -0.15) is 11.8 Å². The molecule has 1 saturated heterocycles. The number of likely N-dealkylation sites (tertiary alicyclic amines) is 1. The number of nitrogens with one attached hydrogen (secondary N) is 3. The van der Waals surface area contributed by atoms with E-state index in [0.29, 0.717) is 43.7 Å². The molecular weight excluding hydrogens is 460 g/mol. The third-order valence-electron chi connectivity index (χ3n) is 6.22. The maximum Gasteiger partial charge on any atom is 0.326 e. The topological polar surface area (TPSA) is 171 Å². The summed E-state index contributed by atoms with van der Waals surface area (Å²) < 4.78 is 0. The first-order valence-corrected chi connectivity index (χ1v) is 12.9. The van der Waals surface area contributed by atoms with Gasteiger partial charge in [-0.15, -0.1) is 0 Å². The van der Waals surface area contributed by atoms with E-state index in [2.05, 4.69) is 20.6 Å². The summed E-state index contributed by atoms with van der Waals surface area (Å²) in [6.45, 7) is 4.12. The van der Waals surface area contributed by atoms with Crippen LogP contribution in [0.25, 0.3) is 0 Å². The first kappa shape index (κ1) is 27.6. The monoisotopic (exact) mass is 496 g/mol. The summed E-state index contributed by atoms with van der Waals surface area (Å²) in [7, 11) is 0. The summed E-state index contributed by atoms with van der Waals surface area (Å²) in [6, 6.07) is -3.56. The number of carboxylic acid groups (broad SMARTS) is 1. The minimum Gasteiger partial charge on any atom is -0.480 e. The Morgan fingerprint density at radius 2 is 2.00 bits per heavy atom. The summed E-state index contributed by atoms with van der Waals surface area (Å²) in [5.41, 5.74) is 6.69. The first-order valence-electron chi connectivity index (χ1n) is 11.5. The lowest BCUT2D eigenvalue weighted by Gasteiger charge is -2.29. The molecule has 12 heteroatoms. The summed E-state index contributed by atoms with van der Waals surface area (Å²) >= 11 is 1.52. The fourth-order valence-electron chi connectivity index (χ4n) is 3.86. The van der Waals surface area contributed by atoms with Gasteiger partial charge in [0.25, 0.3) is 0 Å². The highest BCUT2D eigenvalue weighted by atomic mass is 32.2.